The van der Waals surface area contributed by atoms with Gasteiger partial charge in [-0.05, 0) is 37.8 Å². The van der Waals surface area contributed by atoms with Crippen molar-refractivity contribution in [2.45, 2.75) is 50.1 Å². The highest BCUT2D eigenvalue weighted by Crippen LogP contribution is 2.52. The minimum Gasteiger partial charge on any atom is -0.340 e. The third kappa shape index (κ3) is 2.51. The van der Waals surface area contributed by atoms with Crippen LogP contribution in [0.3, 0.4) is 0 Å². The summed E-state index contributed by atoms with van der Waals surface area (Å²) in [7, 11) is -3.64. The maximum absolute atomic E-state index is 13.4. The summed E-state index contributed by atoms with van der Waals surface area (Å²) < 4.78 is 28.5. The first-order valence-corrected chi connectivity index (χ1v) is 11.9. The van der Waals surface area contributed by atoms with E-state index >= 15 is 0 Å². The van der Waals surface area contributed by atoms with Crippen molar-refractivity contribution < 1.29 is 13.2 Å². The summed E-state index contributed by atoms with van der Waals surface area (Å²) in [6.45, 7) is 5.17. The molecule has 6 nitrogen and oxygen atoms in total. The van der Waals surface area contributed by atoms with Crippen molar-refractivity contribution in [1.29, 1.82) is 0 Å². The first kappa shape index (κ1) is 18.3. The second-order valence-electron chi connectivity index (χ2n) is 8.43. The SMILES string of the molecule is Cc1nc(CN2[C@@]3(CCN(C(=O)C4(C)CC4)C3)c3ccccc3S2(=O)=O)cs1. The molecule has 1 aromatic carbocycles. The van der Waals surface area contributed by atoms with Gasteiger partial charge < -0.3 is 4.90 Å². The predicted octanol–water partition coefficient (Wildman–Crippen LogP) is 2.88. The van der Waals surface area contributed by atoms with E-state index < -0.39 is 15.6 Å². The molecule has 1 spiro atoms. The van der Waals surface area contributed by atoms with E-state index in [0.29, 0.717) is 24.4 Å². The second kappa shape index (κ2) is 5.87. The van der Waals surface area contributed by atoms with Gasteiger partial charge in [-0.1, -0.05) is 25.1 Å². The Labute approximate surface area is 169 Å². The molecule has 5 rings (SSSR count). The van der Waals surface area contributed by atoms with Gasteiger partial charge in [-0.15, -0.1) is 11.3 Å². The van der Waals surface area contributed by atoms with Crippen molar-refractivity contribution in [1.82, 2.24) is 14.2 Å². The topological polar surface area (TPSA) is 70.6 Å². The lowest BCUT2D eigenvalue weighted by Crippen LogP contribution is -2.46. The molecule has 1 amide bonds. The summed E-state index contributed by atoms with van der Waals surface area (Å²) in [5.74, 6) is 0.163. The highest BCUT2D eigenvalue weighted by atomic mass is 32.2. The van der Waals surface area contributed by atoms with Gasteiger partial charge in [0.15, 0.2) is 0 Å². The van der Waals surface area contributed by atoms with Gasteiger partial charge in [-0.3, -0.25) is 4.79 Å². The molecule has 28 heavy (non-hydrogen) atoms. The fourth-order valence-electron chi connectivity index (χ4n) is 4.60. The predicted molar refractivity (Wildman–Crippen MR) is 106 cm³/mol. The molecule has 2 aromatic rings. The Bertz CT molecular complexity index is 1070. The molecule has 1 saturated heterocycles. The van der Waals surface area contributed by atoms with Gasteiger partial charge >= 0.3 is 0 Å². The molecule has 148 valence electrons. The van der Waals surface area contributed by atoms with Gasteiger partial charge in [0.1, 0.15) is 0 Å². The molecule has 3 aliphatic rings. The molecule has 1 aromatic heterocycles. The number of nitrogens with zero attached hydrogens (tertiary/aromatic N) is 3. The van der Waals surface area contributed by atoms with Gasteiger partial charge in [-0.2, -0.15) is 4.31 Å². The van der Waals surface area contributed by atoms with Crippen LogP contribution in [-0.4, -0.2) is 41.6 Å². The average Bonchev–Trinajstić information content (AvgIpc) is 3.04. The number of fused-ring (bicyclic) bond motifs is 2. The number of thiazole rings is 1. The number of aromatic nitrogens is 1. The van der Waals surface area contributed by atoms with Crippen molar-refractivity contribution in [3.63, 3.8) is 0 Å². The van der Waals surface area contributed by atoms with E-state index in [0.717, 1.165) is 29.1 Å². The summed E-state index contributed by atoms with van der Waals surface area (Å²) in [5, 5.41) is 2.84. The smallest absolute Gasteiger partial charge is 0.244 e. The highest BCUT2D eigenvalue weighted by molar-refractivity contribution is 7.89. The van der Waals surface area contributed by atoms with E-state index in [1.807, 2.05) is 36.3 Å². The van der Waals surface area contributed by atoms with Crippen LogP contribution < -0.4 is 0 Å². The van der Waals surface area contributed by atoms with E-state index in [4.69, 9.17) is 0 Å². The van der Waals surface area contributed by atoms with Crippen LogP contribution in [0.25, 0.3) is 0 Å². The number of carbonyl (C=O) groups is 1. The van der Waals surface area contributed by atoms with Crippen molar-refractivity contribution in [2.24, 2.45) is 5.41 Å². The Balaban J connectivity index is 1.58. The van der Waals surface area contributed by atoms with Crippen LogP contribution in [0.2, 0.25) is 0 Å². The monoisotopic (exact) mass is 417 g/mol. The Hall–Kier alpha value is -1.77. The van der Waals surface area contributed by atoms with E-state index in [1.54, 1.807) is 16.4 Å². The summed E-state index contributed by atoms with van der Waals surface area (Å²) in [4.78, 5) is 19.7. The van der Waals surface area contributed by atoms with Crippen LogP contribution in [0.4, 0.5) is 0 Å². The molecule has 8 heteroatoms. The summed E-state index contributed by atoms with van der Waals surface area (Å²) in [6.07, 6.45) is 2.46. The van der Waals surface area contributed by atoms with Gasteiger partial charge in [0.25, 0.3) is 0 Å². The quantitative estimate of drug-likeness (QED) is 0.770. The standard InChI is InChI=1S/C20H23N3O3S2/c1-14-21-15(12-27-14)11-23-20(16-5-3-4-6-17(16)28(23,25)26)9-10-22(13-20)18(24)19(2)7-8-19/h3-6,12H,7-11,13H2,1-2H3/t20-/m1/s1. The fourth-order valence-corrected chi connectivity index (χ4v) is 7.23. The third-order valence-corrected chi connectivity index (χ3v) is 9.25. The summed E-state index contributed by atoms with van der Waals surface area (Å²) in [6, 6.07) is 7.25. The van der Waals surface area contributed by atoms with E-state index in [-0.39, 0.29) is 17.9 Å². The first-order chi connectivity index (χ1) is 13.3. The Morgan fingerprint density at radius 1 is 1.25 bits per heavy atom. The van der Waals surface area contributed by atoms with Crippen LogP contribution in [0.1, 0.15) is 42.5 Å². The molecule has 2 fully saturated rings. The normalized spacial score (nSPS) is 27.3. The Morgan fingerprint density at radius 2 is 2.00 bits per heavy atom. The summed E-state index contributed by atoms with van der Waals surface area (Å²) in [5.41, 5.74) is 0.628. The number of rotatable bonds is 3. The molecule has 0 N–H and O–H groups in total. The number of aryl methyl sites for hydroxylation is 1. The minimum atomic E-state index is -3.64. The van der Waals surface area contributed by atoms with Crippen LogP contribution in [-0.2, 0) is 26.9 Å². The zero-order valence-electron chi connectivity index (χ0n) is 16.0. The maximum atomic E-state index is 13.4. The molecule has 1 atom stereocenters. The zero-order chi connectivity index (χ0) is 19.7. The largest absolute Gasteiger partial charge is 0.340 e. The number of benzene rings is 1. The number of hydrogen-bond donors (Lipinski definition) is 0. The molecule has 0 radical (unpaired) electrons. The van der Waals surface area contributed by atoms with Gasteiger partial charge in [0.2, 0.25) is 15.9 Å². The van der Waals surface area contributed by atoms with Crippen molar-refractivity contribution >= 4 is 27.3 Å². The van der Waals surface area contributed by atoms with E-state index in [1.165, 1.54) is 11.3 Å². The van der Waals surface area contributed by atoms with Gasteiger partial charge in [0.05, 0.1) is 27.7 Å². The van der Waals surface area contributed by atoms with Crippen LogP contribution in [0, 0.1) is 12.3 Å². The fraction of sp³-hybridized carbons (Fsp3) is 0.500. The number of amides is 1. The molecule has 1 aliphatic carbocycles. The van der Waals surface area contributed by atoms with Crippen molar-refractivity contribution in [2.75, 3.05) is 13.1 Å². The summed E-state index contributed by atoms with van der Waals surface area (Å²) >= 11 is 1.52. The van der Waals surface area contributed by atoms with E-state index in [9.17, 15) is 13.2 Å². The lowest BCUT2D eigenvalue weighted by atomic mass is 9.88. The minimum absolute atomic E-state index is 0.163. The number of carbonyl (C=O) groups excluding carboxylic acids is 1. The van der Waals surface area contributed by atoms with Gasteiger partial charge in [-0.25, -0.2) is 13.4 Å². The molecule has 2 aliphatic heterocycles. The lowest BCUT2D eigenvalue weighted by Gasteiger charge is -2.34. The number of sulfonamides is 1. The third-order valence-electron chi connectivity index (χ3n) is 6.46. The Morgan fingerprint density at radius 3 is 2.68 bits per heavy atom. The zero-order valence-corrected chi connectivity index (χ0v) is 17.6. The van der Waals surface area contributed by atoms with Crippen LogP contribution in [0.5, 0.6) is 0 Å². The molecule has 1 saturated carbocycles. The van der Waals surface area contributed by atoms with E-state index in [2.05, 4.69) is 4.98 Å². The molecule has 0 unspecified atom stereocenters. The van der Waals surface area contributed by atoms with Crippen LogP contribution >= 0.6 is 11.3 Å². The highest BCUT2D eigenvalue weighted by Gasteiger charge is 2.59. The van der Waals surface area contributed by atoms with Gasteiger partial charge in [0, 0.05) is 23.9 Å². The van der Waals surface area contributed by atoms with Crippen LogP contribution in [0.15, 0.2) is 34.5 Å². The maximum Gasteiger partial charge on any atom is 0.244 e. The lowest BCUT2D eigenvalue weighted by molar-refractivity contribution is -0.135. The number of likely N-dealkylation sites (tertiary alicyclic amines) is 1. The van der Waals surface area contributed by atoms with Crippen molar-refractivity contribution in [3.8, 4) is 0 Å². The first-order valence-electron chi connectivity index (χ1n) is 9.59. The molecular formula is C20H23N3O3S2. The molecule has 0 bridgehead atoms. The molecule has 3 heterocycles. The second-order valence-corrected chi connectivity index (χ2v) is 11.3. The number of hydrogen-bond acceptors (Lipinski definition) is 5. The van der Waals surface area contributed by atoms with Crippen molar-refractivity contribution in [3.05, 3.63) is 45.9 Å². The Kier molecular flexibility index (Phi) is 3.83. The molecular weight excluding hydrogens is 394 g/mol. The average molecular weight is 418 g/mol.